The molecule has 2 aromatic rings. The van der Waals surface area contributed by atoms with E-state index < -0.39 is 5.91 Å². The third-order valence-corrected chi connectivity index (χ3v) is 4.27. The Morgan fingerprint density at radius 1 is 1.50 bits per heavy atom. The molecular formula is C11H10FN3OS2. The maximum absolute atomic E-state index is 13.5. The molecule has 0 fully saturated rings. The number of amides is 1. The minimum Gasteiger partial charge on any atom is -0.375 e. The van der Waals surface area contributed by atoms with Crippen LogP contribution >= 0.6 is 23.1 Å². The van der Waals surface area contributed by atoms with Gasteiger partial charge in [0.1, 0.15) is 5.82 Å². The summed E-state index contributed by atoms with van der Waals surface area (Å²) in [5.41, 5.74) is 11.4. The molecule has 0 atom stereocenters. The molecule has 1 heterocycles. The number of thioether (sulfide) groups is 1. The lowest BCUT2D eigenvalue weighted by molar-refractivity contribution is 0.1000. The van der Waals surface area contributed by atoms with Gasteiger partial charge in [-0.2, -0.15) is 0 Å². The van der Waals surface area contributed by atoms with Gasteiger partial charge >= 0.3 is 0 Å². The van der Waals surface area contributed by atoms with E-state index in [2.05, 4.69) is 4.98 Å². The Balaban J connectivity index is 2.13. The van der Waals surface area contributed by atoms with E-state index in [-0.39, 0.29) is 5.82 Å². The number of primary amides is 1. The first-order chi connectivity index (χ1) is 8.56. The summed E-state index contributed by atoms with van der Waals surface area (Å²) in [7, 11) is 0. The molecule has 2 rings (SSSR count). The summed E-state index contributed by atoms with van der Waals surface area (Å²) in [6.45, 7) is 0. The van der Waals surface area contributed by atoms with Crippen molar-refractivity contribution in [1.29, 1.82) is 0 Å². The van der Waals surface area contributed by atoms with Crippen molar-refractivity contribution in [3.8, 4) is 0 Å². The predicted molar refractivity (Wildman–Crippen MR) is 71.0 cm³/mol. The van der Waals surface area contributed by atoms with Crippen molar-refractivity contribution in [1.82, 2.24) is 4.98 Å². The minimum atomic E-state index is -0.566. The average Bonchev–Trinajstić information content (AvgIpc) is 2.74. The molecule has 0 aliphatic carbocycles. The Morgan fingerprint density at radius 3 is 2.89 bits per heavy atom. The topological polar surface area (TPSA) is 82.0 Å². The highest BCUT2D eigenvalue weighted by atomic mass is 32.2. The van der Waals surface area contributed by atoms with Gasteiger partial charge in [-0.1, -0.05) is 11.3 Å². The van der Waals surface area contributed by atoms with Crippen LogP contribution in [-0.4, -0.2) is 10.9 Å². The van der Waals surface area contributed by atoms with Crippen LogP contribution < -0.4 is 11.5 Å². The molecule has 1 amide bonds. The number of nitrogens with two attached hydrogens (primary N) is 2. The Bertz CT molecular complexity index is 585. The average molecular weight is 283 g/mol. The highest BCUT2D eigenvalue weighted by molar-refractivity contribution is 8.00. The van der Waals surface area contributed by atoms with Gasteiger partial charge in [0.05, 0.1) is 10.4 Å². The number of hydrogen-bond donors (Lipinski definition) is 2. The lowest BCUT2D eigenvalue weighted by Crippen LogP contribution is -2.11. The Kier molecular flexibility index (Phi) is 3.83. The van der Waals surface area contributed by atoms with Crippen LogP contribution in [0.4, 0.5) is 9.52 Å². The van der Waals surface area contributed by atoms with Gasteiger partial charge in [-0.3, -0.25) is 4.79 Å². The van der Waals surface area contributed by atoms with Gasteiger partial charge in [-0.05, 0) is 23.8 Å². The molecule has 18 heavy (non-hydrogen) atoms. The van der Waals surface area contributed by atoms with Gasteiger partial charge in [0.15, 0.2) is 5.13 Å². The highest BCUT2D eigenvalue weighted by Gasteiger charge is 2.08. The van der Waals surface area contributed by atoms with Crippen LogP contribution in [0.2, 0.25) is 0 Å². The quantitative estimate of drug-likeness (QED) is 0.843. The smallest absolute Gasteiger partial charge is 0.248 e. The van der Waals surface area contributed by atoms with Gasteiger partial charge in [-0.25, -0.2) is 9.37 Å². The molecule has 0 aliphatic rings. The normalized spacial score (nSPS) is 10.5. The molecule has 7 heteroatoms. The van der Waals surface area contributed by atoms with Gasteiger partial charge in [0.25, 0.3) is 0 Å². The molecule has 0 radical (unpaired) electrons. The number of nitrogen functional groups attached to an aromatic ring is 1. The molecule has 0 unspecified atom stereocenters. The van der Waals surface area contributed by atoms with E-state index in [4.69, 9.17) is 11.5 Å². The van der Waals surface area contributed by atoms with E-state index in [0.717, 1.165) is 4.21 Å². The number of rotatable bonds is 4. The number of aromatic nitrogens is 1. The SMILES string of the molecule is NC(=O)c1ccc(F)c(CSc2cnc(N)s2)c1. The van der Waals surface area contributed by atoms with E-state index in [1.165, 1.54) is 41.3 Å². The first kappa shape index (κ1) is 12.8. The summed E-state index contributed by atoms with van der Waals surface area (Å²) < 4.78 is 14.4. The van der Waals surface area contributed by atoms with Crippen molar-refractivity contribution in [3.63, 3.8) is 0 Å². The van der Waals surface area contributed by atoms with Crippen LogP contribution in [-0.2, 0) is 5.75 Å². The van der Waals surface area contributed by atoms with Crippen LogP contribution in [0.1, 0.15) is 15.9 Å². The fourth-order valence-electron chi connectivity index (χ4n) is 1.33. The number of carbonyl (C=O) groups is 1. The standard InChI is InChI=1S/C11H10FN3OS2/c12-8-2-1-6(10(13)16)3-7(8)5-17-9-4-15-11(14)18-9/h1-4H,5H2,(H2,13,16)(H2,14,15). The molecule has 0 aliphatic heterocycles. The molecule has 1 aromatic heterocycles. The maximum atomic E-state index is 13.5. The van der Waals surface area contributed by atoms with E-state index in [0.29, 0.717) is 22.0 Å². The van der Waals surface area contributed by atoms with Crippen molar-refractivity contribution < 1.29 is 9.18 Å². The number of nitrogens with zero attached hydrogens (tertiary/aromatic N) is 1. The molecule has 4 nitrogen and oxygen atoms in total. The van der Waals surface area contributed by atoms with Crippen LogP contribution in [0.25, 0.3) is 0 Å². The van der Waals surface area contributed by atoms with Crippen LogP contribution in [0, 0.1) is 5.82 Å². The zero-order valence-electron chi connectivity index (χ0n) is 9.22. The van der Waals surface area contributed by atoms with Gasteiger partial charge in [-0.15, -0.1) is 11.8 Å². The third-order valence-electron chi connectivity index (χ3n) is 2.20. The zero-order chi connectivity index (χ0) is 13.1. The van der Waals surface area contributed by atoms with E-state index in [1.54, 1.807) is 6.20 Å². The van der Waals surface area contributed by atoms with Crippen LogP contribution in [0.3, 0.4) is 0 Å². The summed E-state index contributed by atoms with van der Waals surface area (Å²) in [4.78, 5) is 14.9. The van der Waals surface area contributed by atoms with Crippen molar-refractivity contribution in [2.75, 3.05) is 5.73 Å². The summed E-state index contributed by atoms with van der Waals surface area (Å²) in [5.74, 6) is -0.525. The molecule has 0 saturated carbocycles. The maximum Gasteiger partial charge on any atom is 0.248 e. The summed E-state index contributed by atoms with van der Waals surface area (Å²) >= 11 is 2.75. The molecule has 0 saturated heterocycles. The Morgan fingerprint density at radius 2 is 2.28 bits per heavy atom. The third kappa shape index (κ3) is 2.99. The summed E-state index contributed by atoms with van der Waals surface area (Å²) in [6.07, 6.45) is 1.64. The number of thiazole rings is 1. The second-order valence-corrected chi connectivity index (χ2v) is 5.81. The summed E-state index contributed by atoms with van der Waals surface area (Å²) in [5, 5.41) is 0.476. The monoisotopic (exact) mass is 283 g/mol. The second-order valence-electron chi connectivity index (χ2n) is 3.48. The first-order valence-corrected chi connectivity index (χ1v) is 6.79. The Labute approximate surface area is 111 Å². The number of carbonyl (C=O) groups excluding carboxylic acids is 1. The van der Waals surface area contributed by atoms with Crippen LogP contribution in [0.5, 0.6) is 0 Å². The van der Waals surface area contributed by atoms with Gasteiger partial charge in [0.2, 0.25) is 5.91 Å². The first-order valence-electron chi connectivity index (χ1n) is 4.98. The fourth-order valence-corrected chi connectivity index (χ4v) is 3.06. The largest absolute Gasteiger partial charge is 0.375 e. The fraction of sp³-hybridized carbons (Fsp3) is 0.0909. The van der Waals surface area contributed by atoms with Crippen molar-refractivity contribution in [2.45, 2.75) is 9.96 Å². The number of halogens is 1. The zero-order valence-corrected chi connectivity index (χ0v) is 10.9. The Hall–Kier alpha value is -1.60. The molecule has 0 bridgehead atoms. The molecule has 4 N–H and O–H groups in total. The molecule has 0 spiro atoms. The van der Waals surface area contributed by atoms with E-state index >= 15 is 0 Å². The molecular weight excluding hydrogens is 273 g/mol. The minimum absolute atomic E-state index is 0.302. The lowest BCUT2D eigenvalue weighted by atomic mass is 10.1. The van der Waals surface area contributed by atoms with Crippen molar-refractivity contribution >= 4 is 34.1 Å². The van der Waals surface area contributed by atoms with Crippen LogP contribution in [0.15, 0.2) is 28.6 Å². The predicted octanol–water partition coefficient (Wildman–Crippen LogP) is 2.26. The van der Waals surface area contributed by atoms with Crippen molar-refractivity contribution in [2.24, 2.45) is 5.73 Å². The summed E-state index contributed by atoms with van der Waals surface area (Å²) in [6, 6.07) is 4.09. The number of hydrogen-bond acceptors (Lipinski definition) is 5. The second kappa shape index (κ2) is 5.36. The van der Waals surface area contributed by atoms with Gasteiger partial charge < -0.3 is 11.5 Å². The highest BCUT2D eigenvalue weighted by Crippen LogP contribution is 2.30. The van der Waals surface area contributed by atoms with Crippen molar-refractivity contribution in [3.05, 3.63) is 41.3 Å². The number of benzene rings is 1. The molecule has 94 valence electrons. The van der Waals surface area contributed by atoms with E-state index in [9.17, 15) is 9.18 Å². The lowest BCUT2D eigenvalue weighted by Gasteiger charge is -2.03. The molecule has 1 aromatic carbocycles. The van der Waals surface area contributed by atoms with Gasteiger partial charge in [0, 0.05) is 11.3 Å². The number of anilines is 1. The van der Waals surface area contributed by atoms with E-state index in [1.807, 2.05) is 0 Å².